The lowest BCUT2D eigenvalue weighted by atomic mass is 10.1. The molecule has 0 bridgehead atoms. The second kappa shape index (κ2) is 6.97. The lowest BCUT2D eigenvalue weighted by Crippen LogP contribution is -2.27. The normalized spacial score (nSPS) is 17.3. The van der Waals surface area contributed by atoms with E-state index >= 15 is 0 Å². The summed E-state index contributed by atoms with van der Waals surface area (Å²) in [6.07, 6.45) is 5.19. The fourth-order valence-corrected chi connectivity index (χ4v) is 3.93. The third-order valence-electron chi connectivity index (χ3n) is 3.95. The van der Waals surface area contributed by atoms with E-state index in [-0.39, 0.29) is 12.7 Å². The molecule has 1 amide bonds. The van der Waals surface area contributed by atoms with Crippen molar-refractivity contribution in [2.75, 3.05) is 13.9 Å². The number of hydrogen-bond donors (Lipinski definition) is 0. The van der Waals surface area contributed by atoms with Crippen molar-refractivity contribution in [3.8, 4) is 17.2 Å². The molecule has 26 heavy (non-hydrogen) atoms. The highest BCUT2D eigenvalue weighted by Gasteiger charge is 2.32. The lowest BCUT2D eigenvalue weighted by Gasteiger charge is -2.14. The van der Waals surface area contributed by atoms with E-state index in [9.17, 15) is 4.79 Å². The number of pyridine rings is 1. The number of thiocarbonyl (C=S) groups is 1. The first-order chi connectivity index (χ1) is 12.7. The molecule has 132 valence electrons. The average Bonchev–Trinajstić information content (AvgIpc) is 3.21. The third kappa shape index (κ3) is 3.13. The molecule has 2 aromatic rings. The number of hydrogen-bond acceptors (Lipinski definition) is 7. The van der Waals surface area contributed by atoms with E-state index in [0.29, 0.717) is 33.0 Å². The molecule has 8 heteroatoms. The Hall–Kier alpha value is -2.58. The van der Waals surface area contributed by atoms with Gasteiger partial charge >= 0.3 is 0 Å². The van der Waals surface area contributed by atoms with Crippen LogP contribution in [-0.2, 0) is 11.3 Å². The first kappa shape index (κ1) is 16.9. The zero-order valence-electron chi connectivity index (χ0n) is 13.8. The number of benzene rings is 1. The van der Waals surface area contributed by atoms with Gasteiger partial charge in [0.25, 0.3) is 5.91 Å². The van der Waals surface area contributed by atoms with Crippen LogP contribution in [0.5, 0.6) is 17.2 Å². The summed E-state index contributed by atoms with van der Waals surface area (Å²) in [5, 5.41) is 0. The van der Waals surface area contributed by atoms with Gasteiger partial charge in [-0.3, -0.25) is 14.7 Å². The van der Waals surface area contributed by atoms with Gasteiger partial charge in [0, 0.05) is 24.0 Å². The number of rotatable bonds is 4. The van der Waals surface area contributed by atoms with E-state index in [2.05, 4.69) is 4.98 Å². The van der Waals surface area contributed by atoms with Crippen molar-refractivity contribution in [3.63, 3.8) is 0 Å². The second-order valence-electron chi connectivity index (χ2n) is 5.58. The summed E-state index contributed by atoms with van der Waals surface area (Å²) < 4.78 is 16.7. The molecule has 0 atom stereocenters. The number of amides is 1. The Balaban J connectivity index is 1.62. The Bertz CT molecular complexity index is 915. The maximum Gasteiger partial charge on any atom is 0.266 e. The molecule has 1 aromatic heterocycles. The van der Waals surface area contributed by atoms with Gasteiger partial charge in [0.1, 0.15) is 10.1 Å². The molecule has 1 fully saturated rings. The zero-order valence-corrected chi connectivity index (χ0v) is 15.4. The van der Waals surface area contributed by atoms with E-state index < -0.39 is 0 Å². The molecule has 3 heterocycles. The fraction of sp³-hybridized carbons (Fsp3) is 0.167. The van der Waals surface area contributed by atoms with Crippen LogP contribution in [0.1, 0.15) is 11.1 Å². The number of methoxy groups -OCH3 is 1. The molecule has 0 aliphatic carbocycles. The minimum absolute atomic E-state index is 0.136. The maximum atomic E-state index is 12.8. The van der Waals surface area contributed by atoms with Crippen LogP contribution >= 0.6 is 24.0 Å². The monoisotopic (exact) mass is 386 g/mol. The van der Waals surface area contributed by atoms with Gasteiger partial charge in [0.15, 0.2) is 11.5 Å². The van der Waals surface area contributed by atoms with Gasteiger partial charge in [-0.25, -0.2) is 0 Å². The zero-order chi connectivity index (χ0) is 18.1. The second-order valence-corrected chi connectivity index (χ2v) is 7.25. The summed E-state index contributed by atoms with van der Waals surface area (Å²) in [6, 6.07) is 7.30. The Labute approximate surface area is 159 Å². The molecule has 6 nitrogen and oxygen atoms in total. The smallest absolute Gasteiger partial charge is 0.266 e. The highest BCUT2D eigenvalue weighted by Crippen LogP contribution is 2.41. The van der Waals surface area contributed by atoms with Gasteiger partial charge in [0.2, 0.25) is 6.79 Å². The highest BCUT2D eigenvalue weighted by molar-refractivity contribution is 8.26. The Morgan fingerprint density at radius 2 is 2.19 bits per heavy atom. The number of carbonyl (C=O) groups is 1. The lowest BCUT2D eigenvalue weighted by molar-refractivity contribution is -0.122. The summed E-state index contributed by atoms with van der Waals surface area (Å²) >= 11 is 6.65. The van der Waals surface area contributed by atoms with Crippen LogP contribution in [0, 0.1) is 0 Å². The topological polar surface area (TPSA) is 60.9 Å². The fourth-order valence-electron chi connectivity index (χ4n) is 2.68. The van der Waals surface area contributed by atoms with Crippen molar-refractivity contribution in [2.24, 2.45) is 0 Å². The van der Waals surface area contributed by atoms with E-state index in [0.717, 1.165) is 11.1 Å². The molecular formula is C18H14N2O4S2. The number of carbonyl (C=O) groups excluding carboxylic acids is 1. The molecule has 0 unspecified atom stereocenters. The molecular weight excluding hydrogens is 372 g/mol. The van der Waals surface area contributed by atoms with E-state index in [4.69, 9.17) is 26.4 Å². The molecule has 0 N–H and O–H groups in total. The summed E-state index contributed by atoms with van der Waals surface area (Å²) in [6.45, 7) is 0.573. The number of thioether (sulfide) groups is 1. The predicted octanol–water partition coefficient (Wildman–Crippen LogP) is 3.22. The molecule has 4 rings (SSSR count). The molecule has 0 radical (unpaired) electrons. The van der Waals surface area contributed by atoms with Crippen molar-refractivity contribution in [1.29, 1.82) is 0 Å². The molecule has 0 saturated carbocycles. The van der Waals surface area contributed by atoms with Gasteiger partial charge in [-0.2, -0.15) is 0 Å². The Morgan fingerprint density at radius 3 is 2.92 bits per heavy atom. The van der Waals surface area contributed by atoms with Crippen molar-refractivity contribution in [1.82, 2.24) is 9.88 Å². The van der Waals surface area contributed by atoms with E-state index in [1.54, 1.807) is 42.6 Å². The average molecular weight is 386 g/mol. The predicted molar refractivity (Wildman–Crippen MR) is 102 cm³/mol. The molecule has 1 aromatic carbocycles. The number of ether oxygens (including phenoxy) is 3. The van der Waals surface area contributed by atoms with Crippen molar-refractivity contribution < 1.29 is 19.0 Å². The largest absolute Gasteiger partial charge is 0.496 e. The van der Waals surface area contributed by atoms with Gasteiger partial charge in [-0.1, -0.05) is 30.0 Å². The van der Waals surface area contributed by atoms with Crippen LogP contribution in [0.3, 0.4) is 0 Å². The summed E-state index contributed by atoms with van der Waals surface area (Å²) in [4.78, 5) is 19.0. The quantitative estimate of drug-likeness (QED) is 0.591. The number of aromatic nitrogens is 1. The molecule has 0 spiro atoms. The molecule has 2 aliphatic heterocycles. The van der Waals surface area contributed by atoms with Crippen molar-refractivity contribution >= 4 is 40.3 Å². The van der Waals surface area contributed by atoms with Gasteiger partial charge < -0.3 is 14.2 Å². The van der Waals surface area contributed by atoms with Gasteiger partial charge in [-0.15, -0.1) is 0 Å². The highest BCUT2D eigenvalue weighted by atomic mass is 32.2. The van der Waals surface area contributed by atoms with Crippen LogP contribution in [-0.4, -0.2) is 34.0 Å². The first-order valence-corrected chi connectivity index (χ1v) is 9.00. The van der Waals surface area contributed by atoms with E-state index in [1.165, 1.54) is 11.8 Å². The minimum Gasteiger partial charge on any atom is -0.496 e. The molecule has 2 aliphatic rings. The summed E-state index contributed by atoms with van der Waals surface area (Å²) in [5.41, 5.74) is 1.66. The van der Waals surface area contributed by atoms with E-state index in [1.807, 2.05) is 12.1 Å². The van der Waals surface area contributed by atoms with Crippen molar-refractivity contribution in [2.45, 2.75) is 6.54 Å². The van der Waals surface area contributed by atoms with Crippen molar-refractivity contribution in [3.05, 3.63) is 52.7 Å². The maximum absolute atomic E-state index is 12.8. The Kier molecular flexibility index (Phi) is 4.52. The van der Waals surface area contributed by atoms with Gasteiger partial charge in [-0.05, 0) is 23.8 Å². The van der Waals surface area contributed by atoms with Crippen LogP contribution in [0.2, 0.25) is 0 Å². The molecule has 1 saturated heterocycles. The SMILES string of the molecule is COc1cc2c(cc1/C=C1\SC(=S)N(Cc3cccnc3)C1=O)OCO2. The van der Waals surface area contributed by atoms with Crippen LogP contribution in [0.15, 0.2) is 41.6 Å². The van der Waals surface area contributed by atoms with Crippen LogP contribution < -0.4 is 14.2 Å². The van der Waals surface area contributed by atoms with Crippen LogP contribution in [0.4, 0.5) is 0 Å². The standard InChI is InChI=1S/C18H14N2O4S2/c1-22-13-7-15-14(23-10-24-15)5-12(13)6-16-17(21)20(18(25)26-16)9-11-3-2-4-19-8-11/h2-8H,9-10H2,1H3/b16-6-. The Morgan fingerprint density at radius 1 is 1.38 bits per heavy atom. The number of nitrogens with zero attached hydrogens (tertiary/aromatic N) is 2. The summed E-state index contributed by atoms with van der Waals surface area (Å²) in [5.74, 6) is 1.72. The summed E-state index contributed by atoms with van der Waals surface area (Å²) in [7, 11) is 1.57. The minimum atomic E-state index is -0.136. The third-order valence-corrected chi connectivity index (χ3v) is 5.33. The van der Waals surface area contributed by atoms with Crippen LogP contribution in [0.25, 0.3) is 6.08 Å². The number of fused-ring (bicyclic) bond motifs is 1. The van der Waals surface area contributed by atoms with Gasteiger partial charge in [0.05, 0.1) is 18.6 Å². The first-order valence-electron chi connectivity index (χ1n) is 7.77.